The van der Waals surface area contributed by atoms with Crippen LogP contribution in [0.3, 0.4) is 0 Å². The quantitative estimate of drug-likeness (QED) is 0.528. The van der Waals surface area contributed by atoms with Crippen molar-refractivity contribution in [3.05, 3.63) is 23.8 Å². The molecule has 1 heterocycles. The molecule has 1 nitrogen and oxygen atoms in total. The summed E-state index contributed by atoms with van der Waals surface area (Å²) in [5, 5.41) is 0. The predicted molar refractivity (Wildman–Crippen MR) is 58.7 cm³/mol. The zero-order valence-electron chi connectivity index (χ0n) is 8.33. The molecule has 2 rings (SSSR count). The van der Waals surface area contributed by atoms with Crippen molar-refractivity contribution in [3.8, 4) is 0 Å². The predicted octanol–water partition coefficient (Wildman–Crippen LogP) is 1.99. The maximum absolute atomic E-state index is 4.39. The Morgan fingerprint density at radius 3 is 2.69 bits per heavy atom. The van der Waals surface area contributed by atoms with Crippen molar-refractivity contribution in [3.63, 3.8) is 0 Å². The number of benzene rings is 1. The lowest BCUT2D eigenvalue weighted by atomic mass is 9.71. The Morgan fingerprint density at radius 2 is 2.00 bits per heavy atom. The molecule has 0 bridgehead atoms. The Kier molecular flexibility index (Phi) is 1.79. The van der Waals surface area contributed by atoms with Gasteiger partial charge in [0.1, 0.15) is 0 Å². The van der Waals surface area contributed by atoms with E-state index in [0.29, 0.717) is 0 Å². The van der Waals surface area contributed by atoms with E-state index in [1.165, 1.54) is 11.0 Å². The van der Waals surface area contributed by atoms with Gasteiger partial charge in [0.25, 0.3) is 0 Å². The summed E-state index contributed by atoms with van der Waals surface area (Å²) in [7, 11) is 2.06. The van der Waals surface area contributed by atoms with E-state index in [1.54, 1.807) is 0 Å². The summed E-state index contributed by atoms with van der Waals surface area (Å²) in [6, 6.07) is 6.37. The Bertz CT molecular complexity index is 361. The van der Waals surface area contributed by atoms with Crippen molar-refractivity contribution in [2.45, 2.75) is 26.2 Å². The van der Waals surface area contributed by atoms with Crippen LogP contribution in [0.4, 0.5) is 5.69 Å². The second-order valence-corrected chi connectivity index (χ2v) is 4.44. The molecule has 1 radical (unpaired) electrons. The van der Waals surface area contributed by atoms with Gasteiger partial charge in [0.05, 0.1) is 5.69 Å². The largest absolute Gasteiger partial charge is 0.272 e. The lowest BCUT2D eigenvalue weighted by Crippen LogP contribution is -2.17. The van der Waals surface area contributed by atoms with Crippen LogP contribution in [0, 0.1) is 0 Å². The van der Waals surface area contributed by atoms with Crippen molar-refractivity contribution in [2.24, 2.45) is 4.99 Å². The molecule has 13 heavy (non-hydrogen) atoms. The SMILES string of the molecule is CC(C)(C)c1cccc2c1N=C[B]2. The van der Waals surface area contributed by atoms with Crippen molar-refractivity contribution in [2.75, 3.05) is 0 Å². The van der Waals surface area contributed by atoms with Gasteiger partial charge in [0.2, 0.25) is 7.28 Å². The van der Waals surface area contributed by atoms with E-state index in [0.717, 1.165) is 5.69 Å². The fourth-order valence-corrected chi connectivity index (χ4v) is 1.64. The number of hydrogen-bond donors (Lipinski definition) is 0. The van der Waals surface area contributed by atoms with Crippen molar-refractivity contribution >= 4 is 24.5 Å². The first-order valence-corrected chi connectivity index (χ1v) is 4.60. The van der Waals surface area contributed by atoms with Gasteiger partial charge < -0.3 is 0 Å². The zero-order valence-corrected chi connectivity index (χ0v) is 8.33. The van der Waals surface area contributed by atoms with Gasteiger partial charge in [-0.05, 0) is 17.1 Å². The molecule has 0 amide bonds. The van der Waals surface area contributed by atoms with E-state index >= 15 is 0 Å². The lowest BCUT2D eigenvalue weighted by Gasteiger charge is -2.21. The first-order valence-electron chi connectivity index (χ1n) is 4.60. The topological polar surface area (TPSA) is 12.4 Å². The van der Waals surface area contributed by atoms with Crippen LogP contribution in [0.1, 0.15) is 26.3 Å². The minimum absolute atomic E-state index is 0.181. The number of nitrogens with zero attached hydrogens (tertiary/aromatic N) is 1. The smallest absolute Gasteiger partial charge is 0.209 e. The van der Waals surface area contributed by atoms with E-state index in [9.17, 15) is 0 Å². The third-order valence-electron chi connectivity index (χ3n) is 2.33. The first kappa shape index (κ1) is 8.55. The maximum Gasteiger partial charge on any atom is 0.209 e. The second kappa shape index (κ2) is 2.73. The molecule has 0 unspecified atom stereocenters. The van der Waals surface area contributed by atoms with E-state index in [2.05, 4.69) is 51.2 Å². The van der Waals surface area contributed by atoms with Gasteiger partial charge in [-0.25, -0.2) is 0 Å². The average molecular weight is 170 g/mol. The van der Waals surface area contributed by atoms with Crippen LogP contribution in [0.25, 0.3) is 0 Å². The minimum Gasteiger partial charge on any atom is -0.272 e. The van der Waals surface area contributed by atoms with Crippen LogP contribution in [-0.4, -0.2) is 13.4 Å². The number of rotatable bonds is 0. The molecular weight excluding hydrogens is 157 g/mol. The highest BCUT2D eigenvalue weighted by atomic mass is 14.7. The molecule has 0 spiro atoms. The Morgan fingerprint density at radius 1 is 1.23 bits per heavy atom. The standard InChI is InChI=1S/C11H13BN/c1-11(2,3)8-5-4-6-9-10(8)13-7-12-9/h4-7H,1-3H3. The third-order valence-corrected chi connectivity index (χ3v) is 2.33. The molecule has 2 heteroatoms. The van der Waals surface area contributed by atoms with Crippen LogP contribution in [0.5, 0.6) is 0 Å². The van der Waals surface area contributed by atoms with Crippen LogP contribution < -0.4 is 5.46 Å². The molecule has 65 valence electrons. The maximum atomic E-state index is 4.39. The summed E-state index contributed by atoms with van der Waals surface area (Å²) in [5.74, 6) is 0. The van der Waals surface area contributed by atoms with Crippen LogP contribution in [-0.2, 0) is 5.41 Å². The molecule has 1 aromatic rings. The average Bonchev–Trinajstić information content (AvgIpc) is 2.48. The molecule has 0 N–H and O–H groups in total. The summed E-state index contributed by atoms with van der Waals surface area (Å²) in [5.41, 5.74) is 3.90. The molecule has 1 aliphatic rings. The fraction of sp³-hybridized carbons (Fsp3) is 0.364. The second-order valence-electron chi connectivity index (χ2n) is 4.44. The van der Waals surface area contributed by atoms with Gasteiger partial charge in [-0.2, -0.15) is 0 Å². The molecule has 0 saturated carbocycles. The van der Waals surface area contributed by atoms with Gasteiger partial charge in [-0.15, -0.1) is 0 Å². The van der Waals surface area contributed by atoms with Gasteiger partial charge in [0.15, 0.2) is 0 Å². The summed E-state index contributed by atoms with van der Waals surface area (Å²) < 4.78 is 0. The summed E-state index contributed by atoms with van der Waals surface area (Å²) in [6.07, 6.45) is 1.87. The van der Waals surface area contributed by atoms with E-state index in [4.69, 9.17) is 0 Å². The number of fused-ring (bicyclic) bond motifs is 1. The van der Waals surface area contributed by atoms with Gasteiger partial charge in [0, 0.05) is 0 Å². The number of para-hydroxylation sites is 1. The molecule has 0 fully saturated rings. The Labute approximate surface area is 80.1 Å². The molecule has 0 saturated heterocycles. The number of aliphatic imine (C=N–C) groups is 1. The Balaban J connectivity index is 2.59. The van der Waals surface area contributed by atoms with Crippen LogP contribution in [0.2, 0.25) is 0 Å². The minimum atomic E-state index is 0.181. The normalized spacial score (nSPS) is 14.1. The summed E-state index contributed by atoms with van der Waals surface area (Å²) in [6.45, 7) is 6.66. The van der Waals surface area contributed by atoms with Crippen molar-refractivity contribution in [1.29, 1.82) is 0 Å². The highest BCUT2D eigenvalue weighted by Gasteiger charge is 2.21. The Hall–Kier alpha value is -1.05. The lowest BCUT2D eigenvalue weighted by molar-refractivity contribution is 0.592. The monoisotopic (exact) mass is 170 g/mol. The first-order chi connectivity index (χ1) is 6.09. The highest BCUT2D eigenvalue weighted by Crippen LogP contribution is 2.30. The van der Waals surface area contributed by atoms with Crippen molar-refractivity contribution < 1.29 is 0 Å². The third kappa shape index (κ3) is 1.41. The van der Waals surface area contributed by atoms with Gasteiger partial charge >= 0.3 is 0 Å². The molecule has 0 aliphatic carbocycles. The van der Waals surface area contributed by atoms with Gasteiger partial charge in [-0.1, -0.05) is 44.4 Å². The van der Waals surface area contributed by atoms with Crippen molar-refractivity contribution in [1.82, 2.24) is 0 Å². The zero-order chi connectivity index (χ0) is 9.47. The number of hydrogen-bond acceptors (Lipinski definition) is 1. The van der Waals surface area contributed by atoms with Crippen LogP contribution >= 0.6 is 0 Å². The van der Waals surface area contributed by atoms with E-state index < -0.39 is 0 Å². The summed E-state index contributed by atoms with van der Waals surface area (Å²) in [4.78, 5) is 4.39. The fourth-order valence-electron chi connectivity index (χ4n) is 1.64. The highest BCUT2D eigenvalue weighted by molar-refractivity contribution is 6.82. The van der Waals surface area contributed by atoms with E-state index in [-0.39, 0.29) is 5.41 Å². The molecule has 1 aliphatic heterocycles. The summed E-state index contributed by atoms with van der Waals surface area (Å²) >= 11 is 0. The molecule has 0 atom stereocenters. The molecule has 1 aromatic carbocycles. The molecule has 0 aromatic heterocycles. The van der Waals surface area contributed by atoms with Gasteiger partial charge in [-0.3, -0.25) is 4.99 Å². The van der Waals surface area contributed by atoms with Crippen LogP contribution in [0.15, 0.2) is 23.2 Å². The van der Waals surface area contributed by atoms with E-state index in [1.807, 2.05) is 6.11 Å². The molecular formula is C11H13BN.